The lowest BCUT2D eigenvalue weighted by atomic mass is 9.87. The van der Waals surface area contributed by atoms with Crippen LogP contribution in [0.15, 0.2) is 23.3 Å². The molecule has 160 valence electrons. The monoisotopic (exact) mass is 410 g/mol. The molecule has 2 aliphatic heterocycles. The van der Waals surface area contributed by atoms with Gasteiger partial charge in [0.15, 0.2) is 0 Å². The van der Waals surface area contributed by atoms with Crippen LogP contribution in [0.1, 0.15) is 19.3 Å². The number of ether oxygens (including phenoxy) is 6. The molecule has 0 aromatic carbocycles. The van der Waals surface area contributed by atoms with Gasteiger partial charge in [0.05, 0.1) is 31.3 Å². The van der Waals surface area contributed by atoms with Gasteiger partial charge in [0.1, 0.15) is 25.4 Å². The summed E-state index contributed by atoms with van der Waals surface area (Å²) >= 11 is 0. The minimum Gasteiger partial charge on any atom is -0.462 e. The molecule has 3 atom stereocenters. The van der Waals surface area contributed by atoms with Gasteiger partial charge in [0, 0.05) is 19.3 Å². The predicted molar refractivity (Wildman–Crippen MR) is 97.7 cm³/mol. The molecule has 0 aromatic rings. The zero-order chi connectivity index (χ0) is 20.6. The van der Waals surface area contributed by atoms with Gasteiger partial charge >= 0.3 is 17.9 Å². The van der Waals surface area contributed by atoms with Crippen molar-refractivity contribution in [1.82, 2.24) is 0 Å². The summed E-state index contributed by atoms with van der Waals surface area (Å²) in [6.07, 6.45) is 4.22. The van der Waals surface area contributed by atoms with Crippen LogP contribution in [0.2, 0.25) is 0 Å². The van der Waals surface area contributed by atoms with E-state index in [0.717, 1.165) is 6.42 Å². The van der Waals surface area contributed by atoms with Gasteiger partial charge in [-0.15, -0.1) is 0 Å². The molecule has 2 fully saturated rings. The molecule has 3 aliphatic rings. The third-order valence-corrected chi connectivity index (χ3v) is 4.64. The van der Waals surface area contributed by atoms with Crippen LogP contribution >= 0.6 is 0 Å². The van der Waals surface area contributed by atoms with Crippen molar-refractivity contribution in [3.63, 3.8) is 0 Å². The number of carbonyl (C=O) groups is 3. The lowest BCUT2D eigenvalue weighted by Crippen LogP contribution is -2.30. The minimum absolute atomic E-state index is 0.0160. The van der Waals surface area contributed by atoms with Crippen LogP contribution in [0.4, 0.5) is 0 Å². The Kier molecular flexibility index (Phi) is 7.79. The van der Waals surface area contributed by atoms with Crippen molar-refractivity contribution in [3.05, 3.63) is 23.3 Å². The Labute approximate surface area is 168 Å². The van der Waals surface area contributed by atoms with E-state index >= 15 is 0 Å². The van der Waals surface area contributed by atoms with Gasteiger partial charge in [-0.2, -0.15) is 0 Å². The van der Waals surface area contributed by atoms with E-state index in [1.165, 1.54) is 12.2 Å². The lowest BCUT2D eigenvalue weighted by molar-refractivity contribution is -0.151. The quantitative estimate of drug-likeness (QED) is 0.199. The molecular formula is C20H26O9. The highest BCUT2D eigenvalue weighted by molar-refractivity contribution is 5.99. The first-order valence-corrected chi connectivity index (χ1v) is 9.72. The molecular weight excluding hydrogens is 384 g/mol. The van der Waals surface area contributed by atoms with Crippen LogP contribution in [0.25, 0.3) is 0 Å². The SMILES string of the molecule is COCCCCOC(=O)C1=CC=C(C(=O)OCC2CO2)C(C(=O)OCC2CO2)C1. The van der Waals surface area contributed by atoms with Crippen LogP contribution in [0.3, 0.4) is 0 Å². The van der Waals surface area contributed by atoms with E-state index in [4.69, 9.17) is 28.4 Å². The first-order chi connectivity index (χ1) is 14.1. The van der Waals surface area contributed by atoms with E-state index < -0.39 is 23.8 Å². The molecule has 0 N–H and O–H groups in total. The van der Waals surface area contributed by atoms with Gasteiger partial charge in [-0.3, -0.25) is 4.79 Å². The molecule has 0 aromatic heterocycles. The van der Waals surface area contributed by atoms with Crippen LogP contribution in [-0.4, -0.2) is 76.9 Å². The second kappa shape index (κ2) is 10.5. The van der Waals surface area contributed by atoms with Crippen molar-refractivity contribution >= 4 is 17.9 Å². The van der Waals surface area contributed by atoms with Crippen molar-refractivity contribution in [2.75, 3.05) is 46.8 Å². The van der Waals surface area contributed by atoms with Crippen molar-refractivity contribution in [1.29, 1.82) is 0 Å². The van der Waals surface area contributed by atoms with Crippen molar-refractivity contribution in [2.24, 2.45) is 5.92 Å². The van der Waals surface area contributed by atoms with Gasteiger partial charge < -0.3 is 28.4 Å². The van der Waals surface area contributed by atoms with E-state index in [-0.39, 0.29) is 44.0 Å². The molecule has 0 saturated carbocycles. The summed E-state index contributed by atoms with van der Waals surface area (Å²) in [5.41, 5.74) is 0.465. The Balaban J connectivity index is 1.59. The molecule has 2 saturated heterocycles. The molecule has 9 heteroatoms. The van der Waals surface area contributed by atoms with Gasteiger partial charge in [0.2, 0.25) is 0 Å². The average Bonchev–Trinajstić information content (AvgIpc) is 3.64. The Morgan fingerprint density at radius 2 is 1.59 bits per heavy atom. The summed E-state index contributed by atoms with van der Waals surface area (Å²) < 4.78 is 30.7. The highest BCUT2D eigenvalue weighted by atomic mass is 16.6. The summed E-state index contributed by atoms with van der Waals surface area (Å²) in [6, 6.07) is 0. The number of unbranched alkanes of at least 4 members (excludes halogenated alkanes) is 1. The van der Waals surface area contributed by atoms with Crippen LogP contribution < -0.4 is 0 Å². The zero-order valence-corrected chi connectivity index (χ0v) is 16.4. The fourth-order valence-corrected chi connectivity index (χ4v) is 2.74. The van der Waals surface area contributed by atoms with Crippen LogP contribution in [-0.2, 0) is 42.8 Å². The molecule has 2 heterocycles. The molecule has 3 rings (SSSR count). The molecule has 1 aliphatic carbocycles. The normalized spacial score (nSPS) is 24.8. The topological polar surface area (TPSA) is 113 Å². The number of allylic oxidation sites excluding steroid dienone is 2. The highest BCUT2D eigenvalue weighted by Crippen LogP contribution is 2.29. The smallest absolute Gasteiger partial charge is 0.334 e. The van der Waals surface area contributed by atoms with E-state index in [0.29, 0.717) is 31.8 Å². The third kappa shape index (κ3) is 6.95. The van der Waals surface area contributed by atoms with Crippen molar-refractivity contribution in [2.45, 2.75) is 31.5 Å². The number of methoxy groups -OCH3 is 1. The standard InChI is InChI=1S/C20H26O9/c1-24-6-2-3-7-25-18(21)13-4-5-16(19(22)28-11-14-9-26-14)17(8-13)20(23)29-12-15-10-27-15/h4-5,14-15,17H,2-3,6-12H2,1H3. The fourth-order valence-electron chi connectivity index (χ4n) is 2.74. The lowest BCUT2D eigenvalue weighted by Gasteiger charge is -2.22. The average molecular weight is 410 g/mol. The summed E-state index contributed by atoms with van der Waals surface area (Å²) in [5.74, 6) is -2.65. The second-order valence-electron chi connectivity index (χ2n) is 7.05. The first-order valence-electron chi connectivity index (χ1n) is 9.72. The fraction of sp³-hybridized carbons (Fsp3) is 0.650. The molecule has 0 bridgehead atoms. The Morgan fingerprint density at radius 3 is 2.24 bits per heavy atom. The molecule has 0 amide bonds. The Morgan fingerprint density at radius 1 is 0.931 bits per heavy atom. The summed E-state index contributed by atoms with van der Waals surface area (Å²) in [4.78, 5) is 37.3. The Bertz CT molecular complexity index is 673. The van der Waals surface area contributed by atoms with E-state index in [9.17, 15) is 14.4 Å². The number of rotatable bonds is 12. The number of esters is 3. The van der Waals surface area contributed by atoms with Gasteiger partial charge in [0.25, 0.3) is 0 Å². The zero-order valence-electron chi connectivity index (χ0n) is 16.4. The largest absolute Gasteiger partial charge is 0.462 e. The number of hydrogen-bond donors (Lipinski definition) is 0. The molecule has 9 nitrogen and oxygen atoms in total. The summed E-state index contributed by atoms with van der Waals surface area (Å²) in [7, 11) is 1.61. The highest BCUT2D eigenvalue weighted by Gasteiger charge is 2.36. The van der Waals surface area contributed by atoms with Gasteiger partial charge in [-0.1, -0.05) is 12.2 Å². The van der Waals surface area contributed by atoms with E-state index in [1.807, 2.05) is 0 Å². The maximum Gasteiger partial charge on any atom is 0.334 e. The molecule has 0 radical (unpaired) electrons. The number of carbonyl (C=O) groups excluding carboxylic acids is 3. The van der Waals surface area contributed by atoms with Crippen molar-refractivity contribution in [3.8, 4) is 0 Å². The number of epoxide rings is 2. The second-order valence-corrected chi connectivity index (χ2v) is 7.05. The van der Waals surface area contributed by atoms with Gasteiger partial charge in [-0.25, -0.2) is 9.59 Å². The summed E-state index contributed by atoms with van der Waals surface area (Å²) in [5, 5.41) is 0. The molecule has 29 heavy (non-hydrogen) atoms. The Hall–Kier alpha value is -2.23. The van der Waals surface area contributed by atoms with Crippen molar-refractivity contribution < 1.29 is 42.8 Å². The summed E-state index contributed by atoms with van der Waals surface area (Å²) in [6.45, 7) is 2.21. The third-order valence-electron chi connectivity index (χ3n) is 4.64. The van der Waals surface area contributed by atoms with Crippen LogP contribution in [0, 0.1) is 5.92 Å². The minimum atomic E-state index is -0.928. The van der Waals surface area contributed by atoms with E-state index in [2.05, 4.69) is 0 Å². The number of hydrogen-bond acceptors (Lipinski definition) is 9. The first kappa shape index (κ1) is 21.5. The maximum absolute atomic E-state index is 12.6. The maximum atomic E-state index is 12.6. The van der Waals surface area contributed by atoms with E-state index in [1.54, 1.807) is 7.11 Å². The van der Waals surface area contributed by atoms with Gasteiger partial charge in [-0.05, 0) is 19.3 Å². The predicted octanol–water partition coefficient (Wildman–Crippen LogP) is 0.713. The van der Waals surface area contributed by atoms with Crippen LogP contribution in [0.5, 0.6) is 0 Å². The molecule has 3 unspecified atom stereocenters. The molecule has 0 spiro atoms.